The van der Waals surface area contributed by atoms with Crippen molar-refractivity contribution < 1.29 is 19.2 Å². The van der Waals surface area contributed by atoms with Crippen LogP contribution in [0.2, 0.25) is 5.02 Å². The zero-order chi connectivity index (χ0) is 20.0. The lowest BCUT2D eigenvalue weighted by Crippen LogP contribution is -2.15. The number of para-hydroxylation sites is 1. The summed E-state index contributed by atoms with van der Waals surface area (Å²) < 4.78 is 5.20. The van der Waals surface area contributed by atoms with E-state index in [0.717, 1.165) is 0 Å². The lowest BCUT2D eigenvalue weighted by Gasteiger charge is -2.11. The molecule has 1 N–H and O–H groups in total. The number of hydrogen-bond donors (Lipinski definition) is 1. The van der Waals surface area contributed by atoms with Crippen LogP contribution in [0.25, 0.3) is 0 Å². The Morgan fingerprint density at radius 1 is 1.19 bits per heavy atom. The fourth-order valence-corrected chi connectivity index (χ4v) is 2.38. The van der Waals surface area contributed by atoms with Crippen LogP contribution in [0.5, 0.6) is 5.75 Å². The number of nitrogens with one attached hydrogen (secondary N) is 1. The van der Waals surface area contributed by atoms with E-state index in [1.54, 1.807) is 18.2 Å². The van der Waals surface area contributed by atoms with E-state index in [1.807, 2.05) is 0 Å². The largest absolute Gasteiger partial charge is 0.494 e. The maximum atomic E-state index is 11.9. The number of halogens is 1. The van der Waals surface area contributed by atoms with E-state index in [2.05, 4.69) is 15.5 Å². The quantitative estimate of drug-likeness (QED) is 0.320. The number of hydrogen-bond acceptors (Lipinski definition) is 7. The number of carbonyl (C=O) groups is 2. The highest BCUT2D eigenvalue weighted by molar-refractivity contribution is 6.35. The first kappa shape index (κ1) is 20.0. The fourth-order valence-electron chi connectivity index (χ4n) is 2.14. The van der Waals surface area contributed by atoms with E-state index in [9.17, 15) is 19.7 Å². The van der Waals surface area contributed by atoms with Gasteiger partial charge in [-0.25, -0.2) is 0 Å². The molecular formula is C17H15ClN4O5. The highest BCUT2D eigenvalue weighted by atomic mass is 35.5. The fraction of sp³-hybridized carbons (Fsp3) is 0.176. The summed E-state index contributed by atoms with van der Waals surface area (Å²) in [6.45, 7) is 1.30. The Bertz CT molecular complexity index is 930. The minimum Gasteiger partial charge on any atom is -0.494 e. The van der Waals surface area contributed by atoms with Crippen molar-refractivity contribution in [3.63, 3.8) is 0 Å². The van der Waals surface area contributed by atoms with Gasteiger partial charge in [0, 0.05) is 6.07 Å². The predicted octanol–water partition coefficient (Wildman–Crippen LogP) is 4.59. The Kier molecular flexibility index (Phi) is 6.56. The molecule has 0 aliphatic heterocycles. The average molecular weight is 391 g/mol. The van der Waals surface area contributed by atoms with Gasteiger partial charge in [0.25, 0.3) is 5.69 Å². The number of anilines is 1. The lowest BCUT2D eigenvalue weighted by molar-refractivity contribution is -0.384. The second-order valence-electron chi connectivity index (χ2n) is 5.35. The Hall–Kier alpha value is -3.33. The molecule has 140 valence electrons. The molecule has 0 heterocycles. The summed E-state index contributed by atoms with van der Waals surface area (Å²) in [5.41, 5.74) is 0.244. The second kappa shape index (κ2) is 8.86. The topological polar surface area (TPSA) is 123 Å². The van der Waals surface area contributed by atoms with E-state index in [0.29, 0.717) is 5.75 Å². The molecule has 2 aromatic carbocycles. The molecule has 0 saturated carbocycles. The molecule has 0 bridgehead atoms. The highest BCUT2D eigenvalue weighted by Gasteiger charge is 2.16. The molecule has 0 unspecified atom stereocenters. The molecule has 1 amide bonds. The molecular weight excluding hydrogens is 376 g/mol. The summed E-state index contributed by atoms with van der Waals surface area (Å²) in [6, 6.07) is 8.93. The average Bonchev–Trinajstić information content (AvgIpc) is 2.60. The maximum absolute atomic E-state index is 11.9. The van der Waals surface area contributed by atoms with Gasteiger partial charge in [-0.3, -0.25) is 19.7 Å². The van der Waals surface area contributed by atoms with Crippen LogP contribution >= 0.6 is 11.6 Å². The number of nitro groups is 1. The van der Waals surface area contributed by atoms with E-state index in [-0.39, 0.29) is 40.0 Å². The van der Waals surface area contributed by atoms with Crippen molar-refractivity contribution in [1.29, 1.82) is 0 Å². The van der Waals surface area contributed by atoms with Crippen molar-refractivity contribution in [3.8, 4) is 5.75 Å². The Balaban J connectivity index is 2.40. The lowest BCUT2D eigenvalue weighted by atomic mass is 10.2. The maximum Gasteiger partial charge on any atom is 0.290 e. The molecule has 0 aliphatic rings. The molecule has 0 radical (unpaired) electrons. The monoisotopic (exact) mass is 390 g/mol. The van der Waals surface area contributed by atoms with E-state index in [1.165, 1.54) is 32.2 Å². The molecule has 0 atom stereocenters. The summed E-state index contributed by atoms with van der Waals surface area (Å²) in [6.07, 6.45) is -0.300. The first-order valence-electron chi connectivity index (χ1n) is 7.64. The van der Waals surface area contributed by atoms with Crippen LogP contribution in [-0.2, 0) is 9.59 Å². The van der Waals surface area contributed by atoms with Crippen LogP contribution in [0, 0.1) is 10.1 Å². The molecule has 27 heavy (non-hydrogen) atoms. The van der Waals surface area contributed by atoms with E-state index < -0.39 is 10.8 Å². The number of benzene rings is 2. The molecule has 0 aromatic heterocycles. The van der Waals surface area contributed by atoms with Crippen molar-refractivity contribution in [2.24, 2.45) is 10.2 Å². The molecule has 2 aromatic rings. The first-order chi connectivity index (χ1) is 12.8. The molecule has 10 heteroatoms. The summed E-state index contributed by atoms with van der Waals surface area (Å²) in [4.78, 5) is 33.4. The highest BCUT2D eigenvalue weighted by Crippen LogP contribution is 2.38. The van der Waals surface area contributed by atoms with Crippen LogP contribution in [-0.4, -0.2) is 23.7 Å². The predicted molar refractivity (Wildman–Crippen MR) is 99.2 cm³/mol. The summed E-state index contributed by atoms with van der Waals surface area (Å²) in [5, 5.41) is 21.3. The summed E-state index contributed by atoms with van der Waals surface area (Å²) in [5.74, 6) is -0.515. The molecule has 0 fully saturated rings. The normalized spacial score (nSPS) is 10.6. The van der Waals surface area contributed by atoms with Crippen LogP contribution in [0.4, 0.5) is 22.7 Å². The van der Waals surface area contributed by atoms with E-state index >= 15 is 0 Å². The van der Waals surface area contributed by atoms with E-state index in [4.69, 9.17) is 16.3 Å². The second-order valence-corrected chi connectivity index (χ2v) is 5.73. The molecule has 9 nitrogen and oxygen atoms in total. The van der Waals surface area contributed by atoms with Crippen molar-refractivity contribution in [3.05, 3.63) is 51.5 Å². The number of ether oxygens (including phenoxy) is 1. The number of Topliss-reactive ketones (excluding diaryl/α,β-unsaturated/α-hetero) is 1. The van der Waals surface area contributed by atoms with Crippen LogP contribution in [0.3, 0.4) is 0 Å². The Labute approximate surface area is 159 Å². The van der Waals surface area contributed by atoms with Gasteiger partial charge in [0.15, 0.2) is 0 Å². The Morgan fingerprint density at radius 2 is 1.81 bits per heavy atom. The van der Waals surface area contributed by atoms with Gasteiger partial charge < -0.3 is 10.1 Å². The Morgan fingerprint density at radius 3 is 2.44 bits per heavy atom. The summed E-state index contributed by atoms with van der Waals surface area (Å²) in [7, 11) is 1.41. The zero-order valence-electron chi connectivity index (χ0n) is 14.4. The standard InChI is InChI=1S/C17H15ClN4O5/c1-10(23)9-15(24)19-17-12(6-4-8-14(17)27-2)21-20-11-5-3-7-13(16(11)18)22(25)26/h3-8H,9H2,1-2H3,(H,19,24). The third-order valence-electron chi connectivity index (χ3n) is 3.32. The van der Waals surface area contributed by atoms with Crippen molar-refractivity contribution in [2.45, 2.75) is 13.3 Å². The number of rotatable bonds is 7. The van der Waals surface area contributed by atoms with Gasteiger partial charge in [-0.1, -0.05) is 23.7 Å². The van der Waals surface area contributed by atoms with Crippen LogP contribution in [0.1, 0.15) is 13.3 Å². The number of nitro benzene ring substituents is 1. The third-order valence-corrected chi connectivity index (χ3v) is 3.71. The van der Waals surface area contributed by atoms with Gasteiger partial charge in [-0.2, -0.15) is 0 Å². The number of ketones is 1. The first-order valence-corrected chi connectivity index (χ1v) is 8.02. The van der Waals surface area contributed by atoms with Crippen LogP contribution < -0.4 is 10.1 Å². The summed E-state index contributed by atoms with van der Waals surface area (Å²) >= 11 is 5.98. The van der Waals surface area contributed by atoms with Gasteiger partial charge in [0.05, 0.1) is 18.5 Å². The van der Waals surface area contributed by atoms with Gasteiger partial charge in [0.1, 0.15) is 33.6 Å². The van der Waals surface area contributed by atoms with Crippen molar-refractivity contribution >= 4 is 46.0 Å². The van der Waals surface area contributed by atoms with Crippen molar-refractivity contribution in [1.82, 2.24) is 0 Å². The van der Waals surface area contributed by atoms with Gasteiger partial charge >= 0.3 is 0 Å². The van der Waals surface area contributed by atoms with Crippen molar-refractivity contribution in [2.75, 3.05) is 12.4 Å². The number of methoxy groups -OCH3 is 1. The smallest absolute Gasteiger partial charge is 0.290 e. The number of carbonyl (C=O) groups excluding carboxylic acids is 2. The number of amides is 1. The minimum atomic E-state index is -0.625. The number of azo groups is 1. The van der Waals surface area contributed by atoms with Crippen LogP contribution in [0.15, 0.2) is 46.6 Å². The minimum absolute atomic E-state index is 0.0923. The molecule has 0 saturated heterocycles. The van der Waals surface area contributed by atoms with Gasteiger partial charge in [-0.15, -0.1) is 10.2 Å². The van der Waals surface area contributed by atoms with Gasteiger partial charge in [0.2, 0.25) is 5.91 Å². The van der Waals surface area contributed by atoms with Gasteiger partial charge in [-0.05, 0) is 25.1 Å². The third kappa shape index (κ3) is 5.08. The molecule has 2 rings (SSSR count). The zero-order valence-corrected chi connectivity index (χ0v) is 15.2. The SMILES string of the molecule is COc1cccc(N=Nc2cccc([N+](=O)[O-])c2Cl)c1NC(=O)CC(C)=O. The number of nitrogens with zero attached hydrogens (tertiary/aromatic N) is 3. The molecule has 0 spiro atoms. The molecule has 0 aliphatic carbocycles.